The van der Waals surface area contributed by atoms with Crippen molar-refractivity contribution in [3.8, 4) is 0 Å². The standard InChI is InChI=1S/C16H22N2S/c1-16(2,3)14-8-6-5-7-13(14)15(17-4)9-12-10-18-11-19-12/h5-8,10-11,15,17H,9H2,1-4H3. The van der Waals surface area contributed by atoms with Crippen LogP contribution in [0.4, 0.5) is 0 Å². The summed E-state index contributed by atoms with van der Waals surface area (Å²) in [5.74, 6) is 0. The summed E-state index contributed by atoms with van der Waals surface area (Å²) in [7, 11) is 2.03. The van der Waals surface area contributed by atoms with Crippen molar-refractivity contribution < 1.29 is 0 Å². The van der Waals surface area contributed by atoms with E-state index in [-0.39, 0.29) is 5.41 Å². The van der Waals surface area contributed by atoms with Crippen LogP contribution in [0.25, 0.3) is 0 Å². The van der Waals surface area contributed by atoms with Crippen molar-refractivity contribution in [2.75, 3.05) is 7.05 Å². The third-order valence-electron chi connectivity index (χ3n) is 3.38. The average molecular weight is 274 g/mol. The SMILES string of the molecule is CNC(Cc1cncs1)c1ccccc1C(C)(C)C. The molecule has 0 fully saturated rings. The van der Waals surface area contributed by atoms with Crippen molar-refractivity contribution in [1.82, 2.24) is 10.3 Å². The van der Waals surface area contributed by atoms with Gasteiger partial charge in [-0.3, -0.25) is 4.98 Å². The molecule has 3 heteroatoms. The molecular weight excluding hydrogens is 252 g/mol. The second-order valence-corrected chi connectivity index (χ2v) is 6.82. The highest BCUT2D eigenvalue weighted by Gasteiger charge is 2.22. The van der Waals surface area contributed by atoms with E-state index in [2.05, 4.69) is 55.3 Å². The summed E-state index contributed by atoms with van der Waals surface area (Å²) in [6.07, 6.45) is 2.96. The topological polar surface area (TPSA) is 24.9 Å². The maximum Gasteiger partial charge on any atom is 0.0794 e. The van der Waals surface area contributed by atoms with Gasteiger partial charge in [0.2, 0.25) is 0 Å². The third kappa shape index (κ3) is 3.43. The van der Waals surface area contributed by atoms with E-state index in [9.17, 15) is 0 Å². The van der Waals surface area contributed by atoms with Crippen molar-refractivity contribution in [1.29, 1.82) is 0 Å². The number of thiazole rings is 1. The number of nitrogens with one attached hydrogen (secondary N) is 1. The van der Waals surface area contributed by atoms with E-state index in [1.54, 1.807) is 11.3 Å². The molecule has 2 nitrogen and oxygen atoms in total. The minimum Gasteiger partial charge on any atom is -0.313 e. The highest BCUT2D eigenvalue weighted by atomic mass is 32.1. The highest BCUT2D eigenvalue weighted by Crippen LogP contribution is 2.31. The summed E-state index contributed by atoms with van der Waals surface area (Å²) in [5.41, 5.74) is 4.88. The van der Waals surface area contributed by atoms with E-state index >= 15 is 0 Å². The predicted octanol–water partition coefficient (Wildman–Crippen LogP) is 3.94. The number of likely N-dealkylation sites (N-methyl/N-ethyl adjacent to an activating group) is 1. The predicted molar refractivity (Wildman–Crippen MR) is 82.8 cm³/mol. The maximum absolute atomic E-state index is 4.17. The lowest BCUT2D eigenvalue weighted by atomic mass is 9.81. The smallest absolute Gasteiger partial charge is 0.0794 e. The van der Waals surface area contributed by atoms with Crippen molar-refractivity contribution in [2.45, 2.75) is 38.6 Å². The molecule has 2 aromatic rings. The van der Waals surface area contributed by atoms with Crippen LogP contribution in [0.5, 0.6) is 0 Å². The first kappa shape index (κ1) is 14.2. The molecule has 1 atom stereocenters. The lowest BCUT2D eigenvalue weighted by molar-refractivity contribution is 0.540. The number of rotatable bonds is 4. The van der Waals surface area contributed by atoms with Gasteiger partial charge in [-0.25, -0.2) is 0 Å². The van der Waals surface area contributed by atoms with E-state index < -0.39 is 0 Å². The van der Waals surface area contributed by atoms with Crippen molar-refractivity contribution >= 4 is 11.3 Å². The van der Waals surface area contributed by atoms with Crippen LogP contribution in [0.3, 0.4) is 0 Å². The molecule has 0 spiro atoms. The first-order chi connectivity index (χ1) is 9.02. The molecule has 1 unspecified atom stereocenters. The van der Waals surface area contributed by atoms with Gasteiger partial charge in [0.15, 0.2) is 0 Å². The monoisotopic (exact) mass is 274 g/mol. The normalized spacial score (nSPS) is 13.5. The fourth-order valence-electron chi connectivity index (χ4n) is 2.40. The Morgan fingerprint density at radius 1 is 1.26 bits per heavy atom. The molecule has 0 aliphatic rings. The van der Waals surface area contributed by atoms with Gasteiger partial charge in [0.05, 0.1) is 5.51 Å². The molecule has 0 aliphatic heterocycles. The van der Waals surface area contributed by atoms with Crippen LogP contribution in [-0.2, 0) is 11.8 Å². The number of aromatic nitrogens is 1. The molecule has 102 valence electrons. The molecule has 1 N–H and O–H groups in total. The van der Waals surface area contributed by atoms with Crippen LogP contribution >= 0.6 is 11.3 Å². The number of hydrogen-bond acceptors (Lipinski definition) is 3. The Labute approximate surface area is 119 Å². The maximum atomic E-state index is 4.17. The first-order valence-electron chi connectivity index (χ1n) is 6.66. The zero-order valence-corrected chi connectivity index (χ0v) is 12.9. The fourth-order valence-corrected chi connectivity index (χ4v) is 3.04. The van der Waals surface area contributed by atoms with Crippen LogP contribution in [-0.4, -0.2) is 12.0 Å². The summed E-state index contributed by atoms with van der Waals surface area (Å²) >= 11 is 1.72. The van der Waals surface area contributed by atoms with Gasteiger partial charge >= 0.3 is 0 Å². The van der Waals surface area contributed by atoms with Gasteiger partial charge in [-0.1, -0.05) is 45.0 Å². The van der Waals surface area contributed by atoms with E-state index in [0.717, 1.165) is 6.42 Å². The van der Waals surface area contributed by atoms with Crippen LogP contribution in [0.1, 0.15) is 42.8 Å². The molecular formula is C16H22N2S. The quantitative estimate of drug-likeness (QED) is 0.913. The van der Waals surface area contributed by atoms with Crippen molar-refractivity contribution in [2.24, 2.45) is 0 Å². The van der Waals surface area contributed by atoms with Gasteiger partial charge in [-0.15, -0.1) is 11.3 Å². The number of benzene rings is 1. The fraction of sp³-hybridized carbons (Fsp3) is 0.438. The Balaban J connectivity index is 2.33. The molecule has 0 radical (unpaired) electrons. The molecule has 2 rings (SSSR count). The molecule has 19 heavy (non-hydrogen) atoms. The van der Waals surface area contributed by atoms with Gasteiger partial charge in [0.25, 0.3) is 0 Å². The van der Waals surface area contributed by atoms with E-state index in [0.29, 0.717) is 6.04 Å². The minimum absolute atomic E-state index is 0.166. The van der Waals surface area contributed by atoms with E-state index in [1.165, 1.54) is 16.0 Å². The molecule has 1 aromatic heterocycles. The molecule has 0 aliphatic carbocycles. The second-order valence-electron chi connectivity index (χ2n) is 5.85. The Morgan fingerprint density at radius 3 is 2.58 bits per heavy atom. The summed E-state index contributed by atoms with van der Waals surface area (Å²) < 4.78 is 0. The molecule has 1 heterocycles. The Bertz CT molecular complexity index is 512. The van der Waals surface area contributed by atoms with E-state index in [4.69, 9.17) is 0 Å². The molecule has 0 saturated heterocycles. The molecule has 1 aromatic carbocycles. The Hall–Kier alpha value is -1.19. The van der Waals surface area contributed by atoms with Crippen LogP contribution in [0, 0.1) is 0 Å². The molecule has 0 amide bonds. The summed E-state index contributed by atoms with van der Waals surface area (Å²) in [5, 5.41) is 3.45. The lowest BCUT2D eigenvalue weighted by Crippen LogP contribution is -2.23. The van der Waals surface area contributed by atoms with Crippen molar-refractivity contribution in [3.63, 3.8) is 0 Å². The van der Waals surface area contributed by atoms with Gasteiger partial charge < -0.3 is 5.32 Å². The van der Waals surface area contributed by atoms with Gasteiger partial charge in [-0.2, -0.15) is 0 Å². The average Bonchev–Trinajstić information content (AvgIpc) is 2.88. The number of hydrogen-bond donors (Lipinski definition) is 1. The van der Waals surface area contributed by atoms with Gasteiger partial charge in [0, 0.05) is 23.5 Å². The Kier molecular flexibility index (Phi) is 4.38. The minimum atomic E-state index is 0.166. The van der Waals surface area contributed by atoms with Gasteiger partial charge in [0.1, 0.15) is 0 Å². The highest BCUT2D eigenvalue weighted by molar-refractivity contribution is 7.09. The lowest BCUT2D eigenvalue weighted by Gasteiger charge is -2.27. The number of nitrogens with zero attached hydrogens (tertiary/aromatic N) is 1. The van der Waals surface area contributed by atoms with Gasteiger partial charge in [-0.05, 0) is 23.6 Å². The first-order valence-corrected chi connectivity index (χ1v) is 7.54. The zero-order valence-electron chi connectivity index (χ0n) is 12.1. The third-order valence-corrected chi connectivity index (χ3v) is 4.18. The van der Waals surface area contributed by atoms with Crippen LogP contribution in [0.2, 0.25) is 0 Å². The summed E-state index contributed by atoms with van der Waals surface area (Å²) in [6.45, 7) is 6.81. The van der Waals surface area contributed by atoms with Crippen LogP contribution < -0.4 is 5.32 Å². The molecule has 0 bridgehead atoms. The van der Waals surface area contributed by atoms with E-state index in [1.807, 2.05) is 18.8 Å². The zero-order chi connectivity index (χ0) is 13.9. The van der Waals surface area contributed by atoms with Crippen LogP contribution in [0.15, 0.2) is 36.0 Å². The largest absolute Gasteiger partial charge is 0.313 e. The second kappa shape index (κ2) is 5.85. The summed E-state index contributed by atoms with van der Waals surface area (Å²) in [6, 6.07) is 9.08. The van der Waals surface area contributed by atoms with Crippen molar-refractivity contribution in [3.05, 3.63) is 52.0 Å². The molecule has 0 saturated carbocycles. The summed E-state index contributed by atoms with van der Waals surface area (Å²) in [4.78, 5) is 5.49. The Morgan fingerprint density at radius 2 is 2.00 bits per heavy atom.